The molecule has 0 spiro atoms. The van der Waals surface area contributed by atoms with Gasteiger partial charge >= 0.3 is 0 Å². The van der Waals surface area contributed by atoms with Gasteiger partial charge in [-0.2, -0.15) is 0 Å². The number of aromatic hydroxyl groups is 1. The van der Waals surface area contributed by atoms with Gasteiger partial charge in [0.2, 0.25) is 5.88 Å². The Labute approximate surface area is 94.7 Å². The summed E-state index contributed by atoms with van der Waals surface area (Å²) in [6.45, 7) is 0. The summed E-state index contributed by atoms with van der Waals surface area (Å²) >= 11 is 3.25. The maximum Gasteiger partial charge on any atom is 0.236 e. The molecular weight excluding hydrogens is 260 g/mol. The van der Waals surface area contributed by atoms with E-state index in [1.807, 2.05) is 0 Å². The predicted molar refractivity (Wildman–Crippen MR) is 57.9 cm³/mol. The third-order valence-electron chi connectivity index (χ3n) is 1.71. The van der Waals surface area contributed by atoms with E-state index < -0.39 is 0 Å². The van der Waals surface area contributed by atoms with Crippen LogP contribution in [0, 0.1) is 0 Å². The molecule has 15 heavy (non-hydrogen) atoms. The Kier molecular flexibility index (Phi) is 2.82. The zero-order valence-electron chi connectivity index (χ0n) is 7.59. The molecule has 1 heterocycles. The number of para-hydroxylation sites is 2. The Balaban J connectivity index is 2.30. The van der Waals surface area contributed by atoms with E-state index in [2.05, 4.69) is 25.9 Å². The number of phenols is 1. The molecule has 0 amide bonds. The van der Waals surface area contributed by atoms with Crippen molar-refractivity contribution in [2.45, 2.75) is 0 Å². The maximum absolute atomic E-state index is 9.48. The monoisotopic (exact) mass is 266 g/mol. The lowest BCUT2D eigenvalue weighted by atomic mass is 10.3. The van der Waals surface area contributed by atoms with Gasteiger partial charge in [-0.15, -0.1) is 0 Å². The molecule has 2 rings (SSSR count). The van der Waals surface area contributed by atoms with Crippen molar-refractivity contribution in [3.8, 4) is 17.4 Å². The number of hydrogen-bond acceptors (Lipinski definition) is 4. The van der Waals surface area contributed by atoms with Gasteiger partial charge in [0.1, 0.15) is 6.33 Å². The zero-order valence-corrected chi connectivity index (χ0v) is 9.18. The van der Waals surface area contributed by atoms with Gasteiger partial charge < -0.3 is 9.84 Å². The second kappa shape index (κ2) is 4.27. The molecule has 1 aromatic heterocycles. The average molecular weight is 267 g/mol. The Morgan fingerprint density at radius 1 is 1.27 bits per heavy atom. The molecule has 0 aliphatic carbocycles. The highest BCUT2D eigenvalue weighted by Gasteiger charge is 2.06. The van der Waals surface area contributed by atoms with Gasteiger partial charge in [-0.1, -0.05) is 12.1 Å². The molecule has 0 bridgehead atoms. The average Bonchev–Trinajstić information content (AvgIpc) is 2.24. The van der Waals surface area contributed by atoms with E-state index in [0.717, 1.165) is 0 Å². The van der Waals surface area contributed by atoms with Crippen molar-refractivity contribution in [2.75, 3.05) is 0 Å². The fourth-order valence-corrected chi connectivity index (χ4v) is 1.33. The summed E-state index contributed by atoms with van der Waals surface area (Å²) in [6, 6.07) is 6.69. The van der Waals surface area contributed by atoms with Crippen molar-refractivity contribution < 1.29 is 9.84 Å². The molecule has 0 aliphatic rings. The highest BCUT2D eigenvalue weighted by Crippen LogP contribution is 2.31. The van der Waals surface area contributed by atoms with Crippen LogP contribution >= 0.6 is 15.9 Å². The molecule has 0 radical (unpaired) electrons. The molecule has 0 fully saturated rings. The number of benzene rings is 1. The first-order chi connectivity index (χ1) is 7.27. The van der Waals surface area contributed by atoms with Crippen LogP contribution in [0.15, 0.2) is 41.3 Å². The summed E-state index contributed by atoms with van der Waals surface area (Å²) in [5, 5.41) is 9.48. The third kappa shape index (κ3) is 2.24. The molecule has 1 N–H and O–H groups in total. The van der Waals surface area contributed by atoms with Crippen LogP contribution in [-0.2, 0) is 0 Å². The number of hydrogen-bond donors (Lipinski definition) is 1. The van der Waals surface area contributed by atoms with E-state index >= 15 is 0 Å². The van der Waals surface area contributed by atoms with Gasteiger partial charge in [0.05, 0.1) is 4.47 Å². The summed E-state index contributed by atoms with van der Waals surface area (Å²) in [6.07, 6.45) is 2.95. The second-order valence-electron chi connectivity index (χ2n) is 2.75. The minimum Gasteiger partial charge on any atom is -0.504 e. The number of phenolic OH excluding ortho intramolecular Hbond substituents is 1. The van der Waals surface area contributed by atoms with Crippen molar-refractivity contribution in [1.82, 2.24) is 9.97 Å². The van der Waals surface area contributed by atoms with Gasteiger partial charge in [0, 0.05) is 6.20 Å². The maximum atomic E-state index is 9.48. The van der Waals surface area contributed by atoms with E-state index in [-0.39, 0.29) is 5.75 Å². The third-order valence-corrected chi connectivity index (χ3v) is 2.25. The van der Waals surface area contributed by atoms with Gasteiger partial charge in [-0.3, -0.25) is 0 Å². The molecule has 4 nitrogen and oxygen atoms in total. The van der Waals surface area contributed by atoms with E-state index in [0.29, 0.717) is 16.1 Å². The lowest BCUT2D eigenvalue weighted by Gasteiger charge is -2.06. The SMILES string of the molecule is Oc1ccccc1Oc1ncncc1Br. The molecule has 76 valence electrons. The van der Waals surface area contributed by atoms with Crippen molar-refractivity contribution in [1.29, 1.82) is 0 Å². The molecule has 5 heteroatoms. The predicted octanol–water partition coefficient (Wildman–Crippen LogP) is 2.74. The van der Waals surface area contributed by atoms with Gasteiger partial charge in [-0.05, 0) is 28.1 Å². The van der Waals surface area contributed by atoms with Crippen molar-refractivity contribution in [3.63, 3.8) is 0 Å². The Morgan fingerprint density at radius 2 is 2.07 bits per heavy atom. The van der Waals surface area contributed by atoms with E-state index in [4.69, 9.17) is 4.74 Å². The summed E-state index contributed by atoms with van der Waals surface area (Å²) in [4.78, 5) is 7.73. The number of nitrogens with zero attached hydrogens (tertiary/aromatic N) is 2. The smallest absolute Gasteiger partial charge is 0.236 e. The van der Waals surface area contributed by atoms with Crippen LogP contribution in [0.4, 0.5) is 0 Å². The fraction of sp³-hybridized carbons (Fsp3) is 0. The Hall–Kier alpha value is -1.62. The Morgan fingerprint density at radius 3 is 2.80 bits per heavy atom. The highest BCUT2D eigenvalue weighted by atomic mass is 79.9. The lowest BCUT2D eigenvalue weighted by molar-refractivity contribution is 0.400. The highest BCUT2D eigenvalue weighted by molar-refractivity contribution is 9.10. The van der Waals surface area contributed by atoms with Crippen molar-refractivity contribution >= 4 is 15.9 Å². The van der Waals surface area contributed by atoms with Crippen LogP contribution in [0.25, 0.3) is 0 Å². The van der Waals surface area contributed by atoms with Crippen LogP contribution < -0.4 is 4.74 Å². The van der Waals surface area contributed by atoms with Gasteiger partial charge in [-0.25, -0.2) is 9.97 Å². The van der Waals surface area contributed by atoms with Crippen LogP contribution in [-0.4, -0.2) is 15.1 Å². The molecule has 1 aromatic carbocycles. The topological polar surface area (TPSA) is 55.2 Å². The van der Waals surface area contributed by atoms with Gasteiger partial charge in [0.25, 0.3) is 0 Å². The quantitative estimate of drug-likeness (QED) is 0.908. The molecule has 0 unspecified atom stereocenters. The molecule has 0 saturated heterocycles. The first-order valence-electron chi connectivity index (χ1n) is 4.19. The number of halogens is 1. The van der Waals surface area contributed by atoms with Crippen molar-refractivity contribution in [3.05, 3.63) is 41.3 Å². The number of aromatic nitrogens is 2. The summed E-state index contributed by atoms with van der Waals surface area (Å²) in [5.41, 5.74) is 0. The summed E-state index contributed by atoms with van der Waals surface area (Å²) < 4.78 is 6.02. The molecule has 0 aliphatic heterocycles. The minimum absolute atomic E-state index is 0.0722. The number of rotatable bonds is 2. The normalized spacial score (nSPS) is 9.93. The van der Waals surface area contributed by atoms with E-state index in [1.165, 1.54) is 6.33 Å². The first-order valence-corrected chi connectivity index (χ1v) is 4.98. The summed E-state index contributed by atoms with van der Waals surface area (Å²) in [5.74, 6) is 0.798. The second-order valence-corrected chi connectivity index (χ2v) is 3.60. The fourth-order valence-electron chi connectivity index (χ4n) is 1.02. The minimum atomic E-state index is 0.0722. The van der Waals surface area contributed by atoms with E-state index in [1.54, 1.807) is 30.5 Å². The van der Waals surface area contributed by atoms with Gasteiger partial charge in [0.15, 0.2) is 11.5 Å². The molecule has 0 atom stereocenters. The molecule has 2 aromatic rings. The zero-order chi connectivity index (χ0) is 10.7. The number of ether oxygens (including phenoxy) is 1. The Bertz CT molecular complexity index is 433. The van der Waals surface area contributed by atoms with Crippen molar-refractivity contribution in [2.24, 2.45) is 0 Å². The standard InChI is InChI=1S/C10H7BrN2O2/c11-7-5-12-6-13-10(7)15-9-4-2-1-3-8(9)14/h1-6,14H. The van der Waals surface area contributed by atoms with Crippen LogP contribution in [0.2, 0.25) is 0 Å². The van der Waals surface area contributed by atoms with Crippen LogP contribution in [0.3, 0.4) is 0 Å². The lowest BCUT2D eigenvalue weighted by Crippen LogP contribution is -1.89. The van der Waals surface area contributed by atoms with Crippen LogP contribution in [0.1, 0.15) is 0 Å². The molecule has 0 saturated carbocycles. The molecular formula is C10H7BrN2O2. The van der Waals surface area contributed by atoms with Crippen LogP contribution in [0.5, 0.6) is 17.4 Å². The largest absolute Gasteiger partial charge is 0.504 e. The first kappa shape index (κ1) is 9.92. The van der Waals surface area contributed by atoms with E-state index in [9.17, 15) is 5.11 Å². The summed E-state index contributed by atoms with van der Waals surface area (Å²) in [7, 11) is 0.